The fraction of sp³-hybridized carbons (Fsp3) is 0.933. The second-order valence-corrected chi connectivity index (χ2v) is 7.42. The summed E-state index contributed by atoms with van der Waals surface area (Å²) in [4.78, 5) is 4.33. The standard InChI is InChI=1S/C15H27N3O3S.2ClH/c1-2-16-15-18-11-13(20)12(19)10(21-14(11)22-15)8-17-9-6-4-3-5-7-9;;/h9-14,17,19-20H,2-8H2,1H3,(H,16,18);2*1H/t10-,11-,12-,13-,14-;;/m1../s1. The average molecular weight is 402 g/mol. The van der Waals surface area contributed by atoms with Crippen molar-refractivity contribution in [1.82, 2.24) is 10.6 Å². The predicted octanol–water partition coefficient (Wildman–Crippen LogP) is 1.28. The van der Waals surface area contributed by atoms with Crippen LogP contribution < -0.4 is 10.6 Å². The first-order valence-corrected chi connectivity index (χ1v) is 9.29. The molecule has 24 heavy (non-hydrogen) atoms. The molecule has 0 spiro atoms. The third-order valence-corrected chi connectivity index (χ3v) is 5.84. The lowest BCUT2D eigenvalue weighted by Gasteiger charge is -2.39. The number of thioether (sulfide) groups is 1. The molecular formula is C15H29Cl2N3O3S. The number of rotatable bonds is 4. The molecule has 9 heteroatoms. The topological polar surface area (TPSA) is 86.1 Å². The summed E-state index contributed by atoms with van der Waals surface area (Å²) in [6.45, 7) is 3.26. The molecule has 0 aromatic rings. The van der Waals surface area contributed by atoms with E-state index >= 15 is 0 Å². The van der Waals surface area contributed by atoms with Gasteiger partial charge in [-0.25, -0.2) is 0 Å². The zero-order chi connectivity index (χ0) is 15.5. The molecule has 3 aliphatic rings. The lowest BCUT2D eigenvalue weighted by Crippen LogP contribution is -2.61. The van der Waals surface area contributed by atoms with E-state index in [0.29, 0.717) is 19.1 Å². The van der Waals surface area contributed by atoms with Gasteiger partial charge < -0.3 is 25.6 Å². The van der Waals surface area contributed by atoms with Gasteiger partial charge in [-0.15, -0.1) is 24.8 Å². The molecular weight excluding hydrogens is 373 g/mol. The summed E-state index contributed by atoms with van der Waals surface area (Å²) < 4.78 is 6.01. The Morgan fingerprint density at radius 2 is 1.92 bits per heavy atom. The number of hydrogen-bond donors (Lipinski definition) is 4. The van der Waals surface area contributed by atoms with Crippen LogP contribution in [0.3, 0.4) is 0 Å². The Bertz CT molecular complexity index is 413. The van der Waals surface area contributed by atoms with Crippen LogP contribution in [0.25, 0.3) is 0 Å². The van der Waals surface area contributed by atoms with E-state index in [9.17, 15) is 10.2 Å². The molecule has 4 N–H and O–H groups in total. The maximum absolute atomic E-state index is 10.4. The molecule has 0 unspecified atom stereocenters. The van der Waals surface area contributed by atoms with Crippen molar-refractivity contribution in [2.24, 2.45) is 4.99 Å². The molecule has 2 saturated heterocycles. The van der Waals surface area contributed by atoms with Gasteiger partial charge >= 0.3 is 0 Å². The Morgan fingerprint density at radius 3 is 2.58 bits per heavy atom. The molecule has 6 nitrogen and oxygen atoms in total. The van der Waals surface area contributed by atoms with E-state index in [1.165, 1.54) is 43.9 Å². The smallest absolute Gasteiger partial charge is 0.159 e. The Balaban J connectivity index is 0.00000144. The Kier molecular flexibility index (Phi) is 9.66. The van der Waals surface area contributed by atoms with E-state index in [1.807, 2.05) is 6.92 Å². The highest BCUT2D eigenvalue weighted by atomic mass is 35.5. The van der Waals surface area contributed by atoms with Crippen LogP contribution in [-0.4, -0.2) is 64.3 Å². The number of halogens is 2. The fourth-order valence-electron chi connectivity index (χ4n) is 3.46. The van der Waals surface area contributed by atoms with Crippen molar-refractivity contribution in [1.29, 1.82) is 0 Å². The van der Waals surface area contributed by atoms with E-state index in [4.69, 9.17) is 4.74 Å². The van der Waals surface area contributed by atoms with Crippen LogP contribution >= 0.6 is 36.6 Å². The number of nitrogens with zero attached hydrogens (tertiary/aromatic N) is 1. The zero-order valence-corrected chi connectivity index (χ0v) is 16.3. The van der Waals surface area contributed by atoms with Crippen LogP contribution in [-0.2, 0) is 4.74 Å². The SMILES string of the molecule is CCN=C1N[C@@H]2[C@@H](O)[C@H](O)[C@@H](CNC3CCCCC3)O[C@@H]2S1.Cl.Cl. The highest BCUT2D eigenvalue weighted by Crippen LogP contribution is 2.33. The Morgan fingerprint density at radius 1 is 1.21 bits per heavy atom. The van der Waals surface area contributed by atoms with Gasteiger partial charge in [-0.3, -0.25) is 4.99 Å². The van der Waals surface area contributed by atoms with Crippen molar-refractivity contribution < 1.29 is 14.9 Å². The maximum atomic E-state index is 10.4. The van der Waals surface area contributed by atoms with Crippen LogP contribution in [0.2, 0.25) is 0 Å². The number of ether oxygens (including phenoxy) is 1. The monoisotopic (exact) mass is 401 g/mol. The summed E-state index contributed by atoms with van der Waals surface area (Å²) in [7, 11) is 0. The second kappa shape index (κ2) is 10.4. The van der Waals surface area contributed by atoms with Crippen molar-refractivity contribution in [2.75, 3.05) is 13.1 Å². The highest BCUT2D eigenvalue weighted by molar-refractivity contribution is 8.14. The van der Waals surface area contributed by atoms with Crippen LogP contribution in [0.5, 0.6) is 0 Å². The lowest BCUT2D eigenvalue weighted by atomic mass is 9.94. The summed E-state index contributed by atoms with van der Waals surface area (Å²) in [5.41, 5.74) is -0.179. The zero-order valence-electron chi connectivity index (χ0n) is 13.9. The van der Waals surface area contributed by atoms with Gasteiger partial charge in [0.25, 0.3) is 0 Å². The molecule has 2 heterocycles. The molecule has 0 bridgehead atoms. The number of nitrogens with one attached hydrogen (secondary N) is 2. The molecule has 1 saturated carbocycles. The minimum absolute atomic E-state index is 0. The summed E-state index contributed by atoms with van der Waals surface area (Å²) in [5, 5.41) is 28.1. The van der Waals surface area contributed by atoms with Crippen molar-refractivity contribution in [2.45, 2.75) is 74.9 Å². The van der Waals surface area contributed by atoms with Crippen molar-refractivity contribution in [3.8, 4) is 0 Å². The molecule has 2 aliphatic heterocycles. The third kappa shape index (κ3) is 5.13. The number of amidine groups is 1. The quantitative estimate of drug-likeness (QED) is 0.567. The predicted molar refractivity (Wildman–Crippen MR) is 103 cm³/mol. The normalized spacial score (nSPS) is 38.0. The summed E-state index contributed by atoms with van der Waals surface area (Å²) in [6.07, 6.45) is 4.20. The van der Waals surface area contributed by atoms with Gasteiger partial charge in [0.1, 0.15) is 23.7 Å². The van der Waals surface area contributed by atoms with Crippen LogP contribution in [0, 0.1) is 0 Å². The first-order valence-electron chi connectivity index (χ1n) is 8.41. The molecule has 0 radical (unpaired) electrons. The van der Waals surface area contributed by atoms with Gasteiger partial charge in [0.05, 0.1) is 6.04 Å². The van der Waals surface area contributed by atoms with E-state index in [0.717, 1.165) is 5.17 Å². The fourth-order valence-corrected chi connectivity index (χ4v) is 4.66. The largest absolute Gasteiger partial charge is 0.388 e. The van der Waals surface area contributed by atoms with Gasteiger partial charge in [-0.2, -0.15) is 0 Å². The number of fused-ring (bicyclic) bond motifs is 1. The molecule has 0 aromatic carbocycles. The van der Waals surface area contributed by atoms with E-state index in [2.05, 4.69) is 15.6 Å². The summed E-state index contributed by atoms with van der Waals surface area (Å²) in [6, 6.07) is 0.238. The van der Waals surface area contributed by atoms with Crippen molar-refractivity contribution in [3.05, 3.63) is 0 Å². The van der Waals surface area contributed by atoms with E-state index in [-0.39, 0.29) is 42.4 Å². The van der Waals surface area contributed by atoms with Gasteiger partial charge in [-0.1, -0.05) is 31.0 Å². The molecule has 5 atom stereocenters. The van der Waals surface area contributed by atoms with Crippen molar-refractivity contribution >= 4 is 41.7 Å². The molecule has 3 rings (SSSR count). The summed E-state index contributed by atoms with van der Waals surface area (Å²) >= 11 is 1.51. The molecule has 142 valence electrons. The number of hydrogen-bond acceptors (Lipinski definition) is 6. The Hall–Kier alpha value is 0.240. The molecule has 0 amide bonds. The van der Waals surface area contributed by atoms with Gasteiger partial charge in [0.15, 0.2) is 5.17 Å². The first-order chi connectivity index (χ1) is 10.7. The van der Waals surface area contributed by atoms with Crippen LogP contribution in [0.4, 0.5) is 0 Å². The molecule has 0 aromatic heterocycles. The molecule has 3 fully saturated rings. The highest BCUT2D eigenvalue weighted by Gasteiger charge is 2.48. The average Bonchev–Trinajstić information content (AvgIpc) is 2.94. The number of aliphatic hydroxyl groups excluding tert-OH is 2. The summed E-state index contributed by atoms with van der Waals surface area (Å²) in [5.74, 6) is 0. The lowest BCUT2D eigenvalue weighted by molar-refractivity contribution is -0.154. The maximum Gasteiger partial charge on any atom is 0.159 e. The second-order valence-electron chi connectivity index (χ2n) is 6.33. The van der Waals surface area contributed by atoms with Crippen LogP contribution in [0.1, 0.15) is 39.0 Å². The van der Waals surface area contributed by atoms with E-state index in [1.54, 1.807) is 0 Å². The first kappa shape index (κ1) is 22.3. The minimum Gasteiger partial charge on any atom is -0.388 e. The number of aliphatic hydroxyl groups is 2. The van der Waals surface area contributed by atoms with Gasteiger partial charge in [0.2, 0.25) is 0 Å². The third-order valence-electron chi connectivity index (χ3n) is 4.73. The molecule has 1 aliphatic carbocycles. The van der Waals surface area contributed by atoms with Gasteiger partial charge in [-0.05, 0) is 19.8 Å². The number of aliphatic imine (C=N–C) groups is 1. The van der Waals surface area contributed by atoms with Crippen LogP contribution in [0.15, 0.2) is 4.99 Å². The Labute approximate surface area is 160 Å². The van der Waals surface area contributed by atoms with Gasteiger partial charge in [0, 0.05) is 19.1 Å². The minimum atomic E-state index is -0.869. The van der Waals surface area contributed by atoms with Crippen molar-refractivity contribution in [3.63, 3.8) is 0 Å². The van der Waals surface area contributed by atoms with E-state index < -0.39 is 12.2 Å².